The maximum atomic E-state index is 12.0. The second-order valence-corrected chi connectivity index (χ2v) is 5.84. The SMILES string of the molecule is CC(=O)C12C=CC1(C)[C@@H](C)[C@H](C)[C@@]2(C)N. The van der Waals surface area contributed by atoms with Gasteiger partial charge in [0.15, 0.2) is 0 Å². The van der Waals surface area contributed by atoms with Crippen molar-refractivity contribution in [3.8, 4) is 0 Å². The van der Waals surface area contributed by atoms with Crippen molar-refractivity contribution in [1.29, 1.82) is 0 Å². The number of fused-ring (bicyclic) bond motifs is 1. The predicted octanol–water partition coefficient (Wildman–Crippen LogP) is 2.14. The molecule has 0 radical (unpaired) electrons. The summed E-state index contributed by atoms with van der Waals surface area (Å²) in [6.07, 6.45) is 4.21. The molecule has 0 heterocycles. The van der Waals surface area contributed by atoms with Crippen molar-refractivity contribution < 1.29 is 4.79 Å². The Morgan fingerprint density at radius 2 is 1.73 bits per heavy atom. The molecule has 0 aliphatic heterocycles. The van der Waals surface area contributed by atoms with E-state index in [9.17, 15) is 4.79 Å². The van der Waals surface area contributed by atoms with Crippen LogP contribution in [0.2, 0.25) is 0 Å². The van der Waals surface area contributed by atoms with Gasteiger partial charge in [0.25, 0.3) is 0 Å². The van der Waals surface area contributed by atoms with Crippen molar-refractivity contribution in [1.82, 2.24) is 0 Å². The van der Waals surface area contributed by atoms with E-state index in [2.05, 4.69) is 26.8 Å². The van der Waals surface area contributed by atoms with Gasteiger partial charge in [0.2, 0.25) is 0 Å². The fraction of sp³-hybridized carbons (Fsp3) is 0.769. The van der Waals surface area contributed by atoms with Crippen LogP contribution in [-0.2, 0) is 4.79 Å². The highest BCUT2D eigenvalue weighted by Crippen LogP contribution is 2.69. The summed E-state index contributed by atoms with van der Waals surface area (Å²) in [6.45, 7) is 10.3. The summed E-state index contributed by atoms with van der Waals surface area (Å²) in [5.74, 6) is 1.04. The average molecular weight is 207 g/mol. The predicted molar refractivity (Wildman–Crippen MR) is 61.3 cm³/mol. The molecule has 15 heavy (non-hydrogen) atoms. The molecule has 2 rings (SSSR count). The summed E-state index contributed by atoms with van der Waals surface area (Å²) in [5.41, 5.74) is 5.56. The van der Waals surface area contributed by atoms with Crippen LogP contribution in [0.5, 0.6) is 0 Å². The zero-order chi connectivity index (χ0) is 11.6. The molecule has 5 atom stereocenters. The molecule has 84 valence electrons. The van der Waals surface area contributed by atoms with Crippen molar-refractivity contribution in [2.45, 2.75) is 40.2 Å². The van der Waals surface area contributed by atoms with Crippen molar-refractivity contribution in [3.63, 3.8) is 0 Å². The standard InChI is InChI=1S/C13H21NO/c1-8-9(2)12(5,14)13(10(3)15)7-6-11(8,13)4/h6-9H,14H2,1-5H3/t8-,9-,11?,12+,13?/m0/s1. The lowest BCUT2D eigenvalue weighted by atomic mass is 9.50. The Balaban J connectivity index is 2.64. The highest BCUT2D eigenvalue weighted by Gasteiger charge is 2.72. The third-order valence-corrected chi connectivity index (χ3v) is 5.58. The van der Waals surface area contributed by atoms with Crippen LogP contribution in [0.3, 0.4) is 0 Å². The molecule has 2 aliphatic rings. The molecule has 0 aromatic heterocycles. The van der Waals surface area contributed by atoms with E-state index in [-0.39, 0.29) is 11.2 Å². The Kier molecular flexibility index (Phi) is 1.84. The van der Waals surface area contributed by atoms with E-state index in [0.29, 0.717) is 11.8 Å². The van der Waals surface area contributed by atoms with Crippen molar-refractivity contribution >= 4 is 5.78 Å². The van der Waals surface area contributed by atoms with Gasteiger partial charge in [0.1, 0.15) is 5.78 Å². The minimum absolute atomic E-state index is 0.0399. The maximum absolute atomic E-state index is 12.0. The van der Waals surface area contributed by atoms with Crippen molar-refractivity contribution in [2.24, 2.45) is 28.4 Å². The summed E-state index contributed by atoms with van der Waals surface area (Å²) in [5, 5.41) is 0. The number of hydrogen-bond donors (Lipinski definition) is 1. The molecule has 0 saturated heterocycles. The second-order valence-electron chi connectivity index (χ2n) is 5.84. The number of rotatable bonds is 1. The highest BCUT2D eigenvalue weighted by molar-refractivity contribution is 5.90. The van der Waals surface area contributed by atoms with Crippen LogP contribution in [0, 0.1) is 22.7 Å². The molecule has 0 aromatic rings. The maximum Gasteiger partial charge on any atom is 0.142 e. The lowest BCUT2D eigenvalue weighted by molar-refractivity contribution is -0.132. The third kappa shape index (κ3) is 0.804. The van der Waals surface area contributed by atoms with E-state index < -0.39 is 11.0 Å². The van der Waals surface area contributed by atoms with E-state index >= 15 is 0 Å². The first-order valence-corrected chi connectivity index (χ1v) is 5.72. The van der Waals surface area contributed by atoms with Crippen molar-refractivity contribution in [2.75, 3.05) is 0 Å². The first kappa shape index (κ1) is 10.9. The lowest BCUT2D eigenvalue weighted by Gasteiger charge is -2.53. The number of ketones is 1. The molecule has 2 unspecified atom stereocenters. The number of allylic oxidation sites excluding steroid dienone is 1. The van der Waals surface area contributed by atoms with Gasteiger partial charge in [0, 0.05) is 11.0 Å². The molecule has 2 nitrogen and oxygen atoms in total. The molecule has 2 N–H and O–H groups in total. The van der Waals surface area contributed by atoms with Gasteiger partial charge in [-0.1, -0.05) is 32.9 Å². The Morgan fingerprint density at radius 1 is 1.20 bits per heavy atom. The Labute approximate surface area is 91.9 Å². The van der Waals surface area contributed by atoms with E-state index in [4.69, 9.17) is 5.73 Å². The van der Waals surface area contributed by atoms with Crippen LogP contribution in [0.15, 0.2) is 12.2 Å². The van der Waals surface area contributed by atoms with Gasteiger partial charge in [-0.05, 0) is 25.7 Å². The van der Waals surface area contributed by atoms with Crippen LogP contribution in [-0.4, -0.2) is 11.3 Å². The molecule has 1 fully saturated rings. The fourth-order valence-electron chi connectivity index (χ4n) is 4.06. The van der Waals surface area contributed by atoms with Crippen LogP contribution in [0.25, 0.3) is 0 Å². The highest BCUT2D eigenvalue weighted by atomic mass is 16.1. The molecule has 0 spiro atoms. The topological polar surface area (TPSA) is 43.1 Å². The smallest absolute Gasteiger partial charge is 0.142 e. The van der Waals surface area contributed by atoms with Crippen molar-refractivity contribution in [3.05, 3.63) is 12.2 Å². The van der Waals surface area contributed by atoms with Gasteiger partial charge in [-0.3, -0.25) is 4.79 Å². The third-order valence-electron chi connectivity index (χ3n) is 5.58. The van der Waals surface area contributed by atoms with Crippen LogP contribution < -0.4 is 5.73 Å². The van der Waals surface area contributed by atoms with Gasteiger partial charge >= 0.3 is 0 Å². The van der Waals surface area contributed by atoms with Crippen LogP contribution >= 0.6 is 0 Å². The summed E-state index contributed by atoms with van der Waals surface area (Å²) in [4.78, 5) is 12.0. The molecular weight excluding hydrogens is 186 g/mol. The van der Waals surface area contributed by atoms with Gasteiger partial charge in [-0.2, -0.15) is 0 Å². The summed E-state index contributed by atoms with van der Waals surface area (Å²) in [7, 11) is 0. The molecule has 2 heteroatoms. The number of hydrogen-bond acceptors (Lipinski definition) is 2. The molecular formula is C13H21NO. The molecule has 0 amide bonds. The fourth-order valence-corrected chi connectivity index (χ4v) is 4.06. The number of nitrogens with two attached hydrogens (primary N) is 1. The van der Waals surface area contributed by atoms with Crippen LogP contribution in [0.4, 0.5) is 0 Å². The number of carbonyl (C=O) groups excluding carboxylic acids is 1. The van der Waals surface area contributed by atoms with Gasteiger partial charge in [0.05, 0.1) is 5.41 Å². The van der Waals surface area contributed by atoms with Gasteiger partial charge in [-0.15, -0.1) is 0 Å². The van der Waals surface area contributed by atoms with Crippen LogP contribution in [0.1, 0.15) is 34.6 Å². The summed E-state index contributed by atoms with van der Waals surface area (Å²) < 4.78 is 0. The Morgan fingerprint density at radius 3 is 1.93 bits per heavy atom. The normalized spacial score (nSPS) is 57.5. The summed E-state index contributed by atoms with van der Waals surface area (Å²) >= 11 is 0. The van der Waals surface area contributed by atoms with Gasteiger partial charge < -0.3 is 5.73 Å². The monoisotopic (exact) mass is 207 g/mol. The number of carbonyl (C=O) groups is 1. The van der Waals surface area contributed by atoms with E-state index in [0.717, 1.165) is 0 Å². The Bertz CT molecular complexity index is 358. The zero-order valence-corrected chi connectivity index (χ0v) is 10.3. The zero-order valence-electron chi connectivity index (χ0n) is 10.3. The molecule has 2 aliphatic carbocycles. The lowest BCUT2D eigenvalue weighted by Crippen LogP contribution is -2.62. The van der Waals surface area contributed by atoms with E-state index in [1.165, 1.54) is 0 Å². The minimum Gasteiger partial charge on any atom is -0.324 e. The average Bonchev–Trinajstić information content (AvgIpc) is 2.17. The summed E-state index contributed by atoms with van der Waals surface area (Å²) in [6, 6.07) is 0. The molecule has 1 saturated carbocycles. The van der Waals surface area contributed by atoms with Gasteiger partial charge in [-0.25, -0.2) is 0 Å². The quantitative estimate of drug-likeness (QED) is 0.669. The second kappa shape index (κ2) is 2.54. The first-order chi connectivity index (χ1) is 6.72. The molecule has 0 aromatic carbocycles. The van der Waals surface area contributed by atoms with E-state index in [1.807, 2.05) is 13.0 Å². The minimum atomic E-state index is -0.432. The largest absolute Gasteiger partial charge is 0.324 e. The molecule has 0 bridgehead atoms. The first-order valence-electron chi connectivity index (χ1n) is 5.72. The number of Topliss-reactive ketones (excluding diaryl/α,β-unsaturated/α-hetero) is 1. The van der Waals surface area contributed by atoms with E-state index in [1.54, 1.807) is 6.92 Å². The Hall–Kier alpha value is -0.630.